The van der Waals surface area contributed by atoms with E-state index in [0.29, 0.717) is 24.6 Å². The third-order valence-electron chi connectivity index (χ3n) is 4.65. The van der Waals surface area contributed by atoms with Crippen molar-refractivity contribution in [3.63, 3.8) is 0 Å². The van der Waals surface area contributed by atoms with Gasteiger partial charge in [-0.15, -0.1) is 0 Å². The van der Waals surface area contributed by atoms with E-state index in [1.807, 2.05) is 42.6 Å². The molecular formula is C20H26N4O3. The summed E-state index contributed by atoms with van der Waals surface area (Å²) in [6.07, 6.45) is 1.81. The molecule has 2 heterocycles. The Morgan fingerprint density at radius 3 is 2.52 bits per heavy atom. The van der Waals surface area contributed by atoms with Crippen molar-refractivity contribution in [1.82, 2.24) is 15.2 Å². The van der Waals surface area contributed by atoms with Gasteiger partial charge in [-0.2, -0.15) is 0 Å². The number of anilines is 1. The lowest BCUT2D eigenvalue weighted by atomic mass is 10.2. The average molecular weight is 370 g/mol. The number of nitrogens with one attached hydrogen (secondary N) is 1. The van der Waals surface area contributed by atoms with Crippen molar-refractivity contribution in [3.8, 4) is 11.5 Å². The zero-order valence-corrected chi connectivity index (χ0v) is 15.9. The van der Waals surface area contributed by atoms with Crippen LogP contribution in [0.4, 0.5) is 5.82 Å². The van der Waals surface area contributed by atoms with E-state index in [4.69, 9.17) is 9.47 Å². The summed E-state index contributed by atoms with van der Waals surface area (Å²) in [5, 5.41) is 2.98. The summed E-state index contributed by atoms with van der Waals surface area (Å²) in [6.45, 7) is 4.32. The van der Waals surface area contributed by atoms with E-state index in [-0.39, 0.29) is 5.91 Å². The van der Waals surface area contributed by atoms with Crippen LogP contribution in [0.25, 0.3) is 0 Å². The van der Waals surface area contributed by atoms with Gasteiger partial charge in [0.25, 0.3) is 0 Å². The molecule has 1 saturated heterocycles. The van der Waals surface area contributed by atoms with Crippen LogP contribution < -0.4 is 19.7 Å². The highest BCUT2D eigenvalue weighted by Crippen LogP contribution is 2.27. The number of aromatic nitrogens is 1. The molecule has 0 bridgehead atoms. The summed E-state index contributed by atoms with van der Waals surface area (Å²) >= 11 is 0. The first kappa shape index (κ1) is 19.0. The number of carbonyl (C=O) groups is 1. The molecule has 1 aromatic heterocycles. The Bertz CT molecular complexity index is 746. The van der Waals surface area contributed by atoms with E-state index in [1.165, 1.54) is 0 Å². The number of nitrogens with zero attached hydrogens (tertiary/aromatic N) is 3. The van der Waals surface area contributed by atoms with Crippen LogP contribution in [0.5, 0.6) is 11.5 Å². The standard InChI is InChI=1S/C20H26N4O3/c1-26-17-7-6-16(13-18(17)27-2)14-22-20(25)15-23-9-11-24(12-10-23)19-5-3-4-8-21-19/h3-8,13H,9-12,14-15H2,1-2H3,(H,22,25). The van der Waals surface area contributed by atoms with Gasteiger partial charge in [-0.1, -0.05) is 12.1 Å². The number of pyridine rings is 1. The highest BCUT2D eigenvalue weighted by Gasteiger charge is 2.19. The molecule has 3 rings (SSSR count). The van der Waals surface area contributed by atoms with Crippen LogP contribution in [-0.4, -0.2) is 62.7 Å². The predicted molar refractivity (Wildman–Crippen MR) is 104 cm³/mol. The Hall–Kier alpha value is -2.80. The fourth-order valence-electron chi connectivity index (χ4n) is 3.13. The molecular weight excluding hydrogens is 344 g/mol. The summed E-state index contributed by atoms with van der Waals surface area (Å²) in [7, 11) is 3.21. The van der Waals surface area contributed by atoms with Gasteiger partial charge in [-0.05, 0) is 29.8 Å². The van der Waals surface area contributed by atoms with Crippen molar-refractivity contribution >= 4 is 11.7 Å². The second kappa shape index (κ2) is 9.23. The molecule has 27 heavy (non-hydrogen) atoms. The van der Waals surface area contributed by atoms with E-state index in [9.17, 15) is 4.79 Å². The predicted octanol–water partition coefficient (Wildman–Crippen LogP) is 1.54. The van der Waals surface area contributed by atoms with E-state index < -0.39 is 0 Å². The Morgan fingerprint density at radius 1 is 1.07 bits per heavy atom. The molecule has 1 amide bonds. The fourth-order valence-corrected chi connectivity index (χ4v) is 3.13. The molecule has 1 N–H and O–H groups in total. The first-order chi connectivity index (χ1) is 13.2. The molecule has 7 nitrogen and oxygen atoms in total. The average Bonchev–Trinajstić information content (AvgIpc) is 2.73. The molecule has 0 aliphatic carbocycles. The Morgan fingerprint density at radius 2 is 1.85 bits per heavy atom. The maximum Gasteiger partial charge on any atom is 0.234 e. The van der Waals surface area contributed by atoms with Gasteiger partial charge in [0.2, 0.25) is 5.91 Å². The normalized spacial score (nSPS) is 14.7. The minimum Gasteiger partial charge on any atom is -0.493 e. The van der Waals surface area contributed by atoms with Crippen molar-refractivity contribution in [2.75, 3.05) is 51.8 Å². The van der Waals surface area contributed by atoms with Crippen LogP contribution in [0.3, 0.4) is 0 Å². The van der Waals surface area contributed by atoms with Gasteiger partial charge in [0.05, 0.1) is 20.8 Å². The summed E-state index contributed by atoms with van der Waals surface area (Å²) in [5.74, 6) is 2.36. The lowest BCUT2D eigenvalue weighted by Crippen LogP contribution is -2.49. The number of carbonyl (C=O) groups excluding carboxylic acids is 1. The maximum atomic E-state index is 12.3. The zero-order chi connectivity index (χ0) is 19.1. The van der Waals surface area contributed by atoms with Gasteiger partial charge in [-0.3, -0.25) is 9.69 Å². The van der Waals surface area contributed by atoms with Crippen molar-refractivity contribution in [2.45, 2.75) is 6.54 Å². The lowest BCUT2D eigenvalue weighted by Gasteiger charge is -2.34. The summed E-state index contributed by atoms with van der Waals surface area (Å²) in [5.41, 5.74) is 0.973. The fraction of sp³-hybridized carbons (Fsp3) is 0.400. The Kier molecular flexibility index (Phi) is 6.49. The topological polar surface area (TPSA) is 66.9 Å². The molecule has 0 unspecified atom stereocenters. The number of benzene rings is 1. The molecule has 0 saturated carbocycles. The van der Waals surface area contributed by atoms with Gasteiger partial charge in [-0.25, -0.2) is 4.98 Å². The first-order valence-electron chi connectivity index (χ1n) is 9.05. The Labute approximate surface area is 159 Å². The number of hydrogen-bond donors (Lipinski definition) is 1. The monoisotopic (exact) mass is 370 g/mol. The first-order valence-corrected chi connectivity index (χ1v) is 9.05. The number of amides is 1. The van der Waals surface area contributed by atoms with Gasteiger partial charge >= 0.3 is 0 Å². The minimum atomic E-state index is 0.0241. The summed E-state index contributed by atoms with van der Waals surface area (Å²) in [4.78, 5) is 21.1. The molecule has 0 spiro atoms. The number of piperazine rings is 1. The quantitative estimate of drug-likeness (QED) is 0.798. The van der Waals surface area contributed by atoms with Crippen molar-refractivity contribution in [3.05, 3.63) is 48.2 Å². The molecule has 144 valence electrons. The highest BCUT2D eigenvalue weighted by molar-refractivity contribution is 5.78. The van der Waals surface area contributed by atoms with Crippen LogP contribution in [0.1, 0.15) is 5.56 Å². The molecule has 1 aromatic carbocycles. The third-order valence-corrected chi connectivity index (χ3v) is 4.65. The summed E-state index contributed by atoms with van der Waals surface area (Å²) < 4.78 is 10.5. The van der Waals surface area contributed by atoms with Gasteiger partial charge in [0.1, 0.15) is 5.82 Å². The van der Waals surface area contributed by atoms with E-state index in [1.54, 1.807) is 14.2 Å². The zero-order valence-electron chi connectivity index (χ0n) is 15.9. The van der Waals surface area contributed by atoms with Crippen LogP contribution in [-0.2, 0) is 11.3 Å². The molecule has 1 fully saturated rings. The molecule has 0 radical (unpaired) electrons. The van der Waals surface area contributed by atoms with E-state index >= 15 is 0 Å². The van der Waals surface area contributed by atoms with Crippen LogP contribution in [0.15, 0.2) is 42.6 Å². The molecule has 7 heteroatoms. The number of rotatable bonds is 7. The lowest BCUT2D eigenvalue weighted by molar-refractivity contribution is -0.122. The SMILES string of the molecule is COc1ccc(CNC(=O)CN2CCN(c3ccccn3)CC2)cc1OC. The van der Waals surface area contributed by atoms with E-state index in [0.717, 1.165) is 37.6 Å². The third kappa shape index (κ3) is 5.10. The molecule has 2 aromatic rings. The van der Waals surface area contributed by atoms with Crippen LogP contribution in [0, 0.1) is 0 Å². The highest BCUT2D eigenvalue weighted by atomic mass is 16.5. The molecule has 1 aliphatic rings. The maximum absolute atomic E-state index is 12.3. The van der Waals surface area contributed by atoms with E-state index in [2.05, 4.69) is 20.1 Å². The number of methoxy groups -OCH3 is 2. The smallest absolute Gasteiger partial charge is 0.234 e. The van der Waals surface area contributed by atoms with Crippen LogP contribution >= 0.6 is 0 Å². The number of hydrogen-bond acceptors (Lipinski definition) is 6. The minimum absolute atomic E-state index is 0.0241. The Balaban J connectivity index is 1.44. The van der Waals surface area contributed by atoms with Gasteiger partial charge in [0.15, 0.2) is 11.5 Å². The van der Waals surface area contributed by atoms with Crippen molar-refractivity contribution in [2.24, 2.45) is 0 Å². The second-order valence-electron chi connectivity index (χ2n) is 6.42. The number of ether oxygens (including phenoxy) is 2. The van der Waals surface area contributed by atoms with Crippen molar-refractivity contribution < 1.29 is 14.3 Å². The van der Waals surface area contributed by atoms with Gasteiger partial charge in [0, 0.05) is 38.9 Å². The second-order valence-corrected chi connectivity index (χ2v) is 6.42. The summed E-state index contributed by atoms with van der Waals surface area (Å²) in [6, 6.07) is 11.6. The molecule has 0 atom stereocenters. The van der Waals surface area contributed by atoms with Crippen molar-refractivity contribution in [1.29, 1.82) is 0 Å². The molecule has 1 aliphatic heterocycles. The largest absolute Gasteiger partial charge is 0.493 e. The van der Waals surface area contributed by atoms with Gasteiger partial charge < -0.3 is 19.7 Å². The van der Waals surface area contributed by atoms with Crippen LogP contribution in [0.2, 0.25) is 0 Å².